The van der Waals surface area contributed by atoms with E-state index in [-0.39, 0.29) is 18.2 Å². The second kappa shape index (κ2) is 9.41. The zero-order chi connectivity index (χ0) is 9.40. The average Bonchev–Trinajstić information content (AvgIpc) is 1.97. The van der Waals surface area contributed by atoms with E-state index in [9.17, 15) is 14.9 Å². The fraction of sp³-hybridized carbons (Fsp3) is 0.857. The van der Waals surface area contributed by atoms with Crippen molar-refractivity contribution in [3.63, 3.8) is 0 Å². The van der Waals surface area contributed by atoms with Crippen molar-refractivity contribution in [1.29, 1.82) is 0 Å². The fourth-order valence-corrected chi connectivity index (χ4v) is 0.866. The first kappa shape index (κ1) is 14.8. The van der Waals surface area contributed by atoms with Crippen molar-refractivity contribution < 1.29 is 22.1 Å². The van der Waals surface area contributed by atoms with Crippen LogP contribution in [0.1, 0.15) is 25.7 Å². The van der Waals surface area contributed by atoms with Crippen molar-refractivity contribution in [1.82, 2.24) is 0 Å². The van der Waals surface area contributed by atoms with Crippen molar-refractivity contribution in [2.24, 2.45) is 5.73 Å². The van der Waals surface area contributed by atoms with Crippen molar-refractivity contribution in [2.45, 2.75) is 25.7 Å². The standard InChI is InChI=1S/C7H14N2O3.ClH/c8-5-3-1-2-4-7(10)6-9(11)12;/h1-6,8H2;1H/p-1. The Morgan fingerprint density at radius 1 is 1.31 bits per heavy atom. The number of hydrogen-bond acceptors (Lipinski definition) is 4. The molecule has 0 aromatic heterocycles. The molecule has 0 heterocycles. The molecule has 5 nitrogen and oxygen atoms in total. The van der Waals surface area contributed by atoms with Crippen LogP contribution in [0.3, 0.4) is 0 Å². The maximum Gasteiger partial charge on any atom is 0.261 e. The van der Waals surface area contributed by atoms with Crippen LogP contribution in [-0.4, -0.2) is 23.8 Å². The van der Waals surface area contributed by atoms with Crippen molar-refractivity contribution in [2.75, 3.05) is 13.1 Å². The molecule has 0 aliphatic carbocycles. The average molecular weight is 210 g/mol. The van der Waals surface area contributed by atoms with E-state index in [1.165, 1.54) is 0 Å². The van der Waals surface area contributed by atoms with Gasteiger partial charge in [-0.1, -0.05) is 6.42 Å². The molecule has 0 bridgehead atoms. The predicted octanol–water partition coefficient (Wildman–Crippen LogP) is -2.64. The summed E-state index contributed by atoms with van der Waals surface area (Å²) in [6.07, 6.45) is 2.77. The molecular weight excluding hydrogens is 196 g/mol. The third kappa shape index (κ3) is 11.3. The number of ketones is 1. The highest BCUT2D eigenvalue weighted by molar-refractivity contribution is 5.79. The Kier molecular flexibility index (Phi) is 10.7. The van der Waals surface area contributed by atoms with Gasteiger partial charge in [-0.15, -0.1) is 0 Å². The number of nitrogens with two attached hydrogens (primary N) is 1. The van der Waals surface area contributed by atoms with Gasteiger partial charge in [0.25, 0.3) is 6.54 Å². The highest BCUT2D eigenvalue weighted by atomic mass is 35.5. The second-order valence-electron chi connectivity index (χ2n) is 2.63. The van der Waals surface area contributed by atoms with Gasteiger partial charge < -0.3 is 18.1 Å². The van der Waals surface area contributed by atoms with E-state index in [1.807, 2.05) is 0 Å². The molecule has 2 N–H and O–H groups in total. The zero-order valence-corrected chi connectivity index (χ0v) is 8.13. The molecule has 0 fully saturated rings. The smallest absolute Gasteiger partial charge is 0.261 e. The monoisotopic (exact) mass is 209 g/mol. The Morgan fingerprint density at radius 2 is 1.92 bits per heavy atom. The van der Waals surface area contributed by atoms with E-state index in [1.54, 1.807) is 0 Å². The minimum atomic E-state index is -0.592. The van der Waals surface area contributed by atoms with E-state index in [2.05, 4.69) is 0 Å². The van der Waals surface area contributed by atoms with Crippen molar-refractivity contribution in [3.8, 4) is 0 Å². The summed E-state index contributed by atoms with van der Waals surface area (Å²) >= 11 is 0. The summed E-state index contributed by atoms with van der Waals surface area (Å²) < 4.78 is 0. The molecule has 13 heavy (non-hydrogen) atoms. The summed E-state index contributed by atoms with van der Waals surface area (Å²) in [6, 6.07) is 0. The highest BCUT2D eigenvalue weighted by Crippen LogP contribution is 1.99. The number of halogens is 1. The maximum atomic E-state index is 10.7. The van der Waals surface area contributed by atoms with Gasteiger partial charge in [0.05, 0.1) is 0 Å². The molecule has 0 saturated carbocycles. The number of unbranched alkanes of at least 4 members (excludes halogenated alkanes) is 2. The number of Topliss-reactive ketones (excluding diaryl/α,β-unsaturated/α-hetero) is 1. The Hall–Kier alpha value is -0.680. The van der Waals surface area contributed by atoms with E-state index in [0.717, 1.165) is 12.8 Å². The van der Waals surface area contributed by atoms with Gasteiger partial charge in [-0.2, -0.15) is 0 Å². The van der Waals surface area contributed by atoms with Crippen molar-refractivity contribution in [3.05, 3.63) is 10.1 Å². The largest absolute Gasteiger partial charge is 1.00 e. The quantitative estimate of drug-likeness (QED) is 0.282. The molecule has 0 saturated heterocycles. The van der Waals surface area contributed by atoms with Gasteiger partial charge in [0.1, 0.15) is 0 Å². The molecular formula is C7H14ClN2O3-. The minimum Gasteiger partial charge on any atom is -1.00 e. The fourth-order valence-electron chi connectivity index (χ4n) is 0.866. The third-order valence-electron chi connectivity index (χ3n) is 1.47. The van der Waals surface area contributed by atoms with Gasteiger partial charge in [0.2, 0.25) is 5.78 Å². The molecule has 78 valence electrons. The summed E-state index contributed by atoms with van der Waals surface area (Å²) in [6.45, 7) is 0.0754. The van der Waals surface area contributed by atoms with Crippen LogP contribution in [0.5, 0.6) is 0 Å². The molecule has 0 rings (SSSR count). The molecule has 0 aromatic rings. The molecule has 0 radical (unpaired) electrons. The summed E-state index contributed by atoms with van der Waals surface area (Å²) in [5.74, 6) is -0.294. The van der Waals surface area contributed by atoms with Gasteiger partial charge in [0.15, 0.2) is 0 Å². The van der Waals surface area contributed by atoms with E-state index in [4.69, 9.17) is 5.73 Å². The van der Waals surface area contributed by atoms with Gasteiger partial charge in [-0.3, -0.25) is 14.9 Å². The lowest BCUT2D eigenvalue weighted by atomic mass is 10.1. The highest BCUT2D eigenvalue weighted by Gasteiger charge is 2.07. The Balaban J connectivity index is 0. The lowest BCUT2D eigenvalue weighted by Crippen LogP contribution is -3.00. The van der Waals surface area contributed by atoms with Crippen LogP contribution < -0.4 is 18.1 Å². The first-order valence-corrected chi connectivity index (χ1v) is 4.00. The Morgan fingerprint density at radius 3 is 2.38 bits per heavy atom. The predicted molar refractivity (Wildman–Crippen MR) is 44.4 cm³/mol. The van der Waals surface area contributed by atoms with Crippen LogP contribution in [0.15, 0.2) is 0 Å². The minimum absolute atomic E-state index is 0. The number of nitrogens with zero attached hydrogens (tertiary/aromatic N) is 1. The molecule has 0 amide bonds. The number of carbonyl (C=O) groups is 1. The first-order valence-electron chi connectivity index (χ1n) is 4.00. The summed E-state index contributed by atoms with van der Waals surface area (Å²) in [5.41, 5.74) is 5.23. The second-order valence-corrected chi connectivity index (χ2v) is 2.63. The molecule has 0 aliphatic rings. The van der Waals surface area contributed by atoms with Gasteiger partial charge in [-0.05, 0) is 19.4 Å². The van der Waals surface area contributed by atoms with Crippen LogP contribution in [0.2, 0.25) is 0 Å². The molecule has 0 spiro atoms. The van der Waals surface area contributed by atoms with E-state index in [0.29, 0.717) is 19.4 Å². The normalized spacial score (nSPS) is 9.00. The number of nitro groups is 1. The first-order chi connectivity index (χ1) is 5.66. The molecule has 0 unspecified atom stereocenters. The number of carbonyl (C=O) groups excluding carboxylic acids is 1. The van der Waals surface area contributed by atoms with Crippen LogP contribution >= 0.6 is 0 Å². The van der Waals surface area contributed by atoms with Crippen LogP contribution in [-0.2, 0) is 4.79 Å². The van der Waals surface area contributed by atoms with E-state index < -0.39 is 11.5 Å². The van der Waals surface area contributed by atoms with Gasteiger partial charge >= 0.3 is 0 Å². The third-order valence-corrected chi connectivity index (χ3v) is 1.47. The molecule has 0 aromatic carbocycles. The summed E-state index contributed by atoms with van der Waals surface area (Å²) in [7, 11) is 0. The topological polar surface area (TPSA) is 86.2 Å². The number of hydrogen-bond donors (Lipinski definition) is 1. The maximum absolute atomic E-state index is 10.7. The lowest BCUT2D eigenvalue weighted by Gasteiger charge is -1.95. The van der Waals surface area contributed by atoms with Gasteiger partial charge in [-0.25, -0.2) is 0 Å². The van der Waals surface area contributed by atoms with Crippen LogP contribution in [0.25, 0.3) is 0 Å². The van der Waals surface area contributed by atoms with Crippen molar-refractivity contribution >= 4 is 5.78 Å². The van der Waals surface area contributed by atoms with Crippen LogP contribution in [0, 0.1) is 10.1 Å². The lowest BCUT2D eigenvalue weighted by molar-refractivity contribution is -0.467. The zero-order valence-electron chi connectivity index (χ0n) is 7.37. The Bertz CT molecular complexity index is 164. The molecule has 0 atom stereocenters. The molecule has 0 aliphatic heterocycles. The number of rotatable bonds is 7. The SMILES string of the molecule is NCCCCCC(=O)C[N+](=O)[O-].[Cl-]. The summed E-state index contributed by atoms with van der Waals surface area (Å²) in [4.78, 5) is 20.0. The molecule has 6 heteroatoms. The van der Waals surface area contributed by atoms with Crippen LogP contribution in [0.4, 0.5) is 0 Å². The van der Waals surface area contributed by atoms with E-state index >= 15 is 0 Å². The Labute approximate surface area is 83.2 Å². The summed E-state index contributed by atoms with van der Waals surface area (Å²) in [5, 5.41) is 9.86. The van der Waals surface area contributed by atoms with Gasteiger partial charge in [0, 0.05) is 11.3 Å².